The molecule has 1 aromatic heterocycles. The van der Waals surface area contributed by atoms with Crippen molar-refractivity contribution in [2.24, 2.45) is 0 Å². The molecule has 23 heavy (non-hydrogen) atoms. The third-order valence-electron chi connectivity index (χ3n) is 3.30. The molecule has 3 N–H and O–H groups in total. The van der Waals surface area contributed by atoms with E-state index in [2.05, 4.69) is 17.0 Å². The summed E-state index contributed by atoms with van der Waals surface area (Å²) in [6.45, 7) is 3.85. The van der Waals surface area contributed by atoms with E-state index in [0.29, 0.717) is 27.0 Å². The van der Waals surface area contributed by atoms with Gasteiger partial charge in [0.2, 0.25) is 0 Å². The highest BCUT2D eigenvalue weighted by Crippen LogP contribution is 2.15. The summed E-state index contributed by atoms with van der Waals surface area (Å²) in [5, 5.41) is 16.8. The average molecular weight is 328 g/mol. The molecule has 1 heterocycles. The first-order valence-electron chi connectivity index (χ1n) is 6.86. The van der Waals surface area contributed by atoms with Crippen LogP contribution in [0, 0.1) is 0 Å². The molecule has 6 heteroatoms. The van der Waals surface area contributed by atoms with Gasteiger partial charge in [-0.25, -0.2) is 4.68 Å². The SMILES string of the molecule is C=c1[nH]n(-c2cccc(Cl)c2)c(=O)c1=CNc1cccc(O)c1. The Morgan fingerprint density at radius 1 is 1.22 bits per heavy atom. The van der Waals surface area contributed by atoms with Gasteiger partial charge in [0, 0.05) is 23.0 Å². The van der Waals surface area contributed by atoms with Gasteiger partial charge in [0.1, 0.15) is 5.75 Å². The van der Waals surface area contributed by atoms with Crippen LogP contribution < -0.4 is 21.4 Å². The van der Waals surface area contributed by atoms with Gasteiger partial charge in [0.15, 0.2) is 0 Å². The summed E-state index contributed by atoms with van der Waals surface area (Å²) in [6.07, 6.45) is 1.55. The summed E-state index contributed by atoms with van der Waals surface area (Å²) in [5.41, 5.74) is 1.05. The van der Waals surface area contributed by atoms with E-state index in [1.807, 2.05) is 0 Å². The number of H-pyrrole nitrogens is 1. The fourth-order valence-corrected chi connectivity index (χ4v) is 2.38. The van der Waals surface area contributed by atoms with E-state index < -0.39 is 0 Å². The Hall–Kier alpha value is -2.92. The Balaban J connectivity index is 2.03. The van der Waals surface area contributed by atoms with Crippen LogP contribution in [-0.2, 0) is 0 Å². The van der Waals surface area contributed by atoms with Crippen molar-refractivity contribution in [2.45, 2.75) is 0 Å². The highest BCUT2D eigenvalue weighted by atomic mass is 35.5. The zero-order valence-electron chi connectivity index (χ0n) is 12.1. The summed E-state index contributed by atoms with van der Waals surface area (Å²) in [4.78, 5) is 12.5. The average Bonchev–Trinajstić information content (AvgIpc) is 2.80. The van der Waals surface area contributed by atoms with E-state index in [-0.39, 0.29) is 11.3 Å². The van der Waals surface area contributed by atoms with Crippen molar-refractivity contribution in [1.82, 2.24) is 9.78 Å². The minimum absolute atomic E-state index is 0.142. The summed E-state index contributed by atoms with van der Waals surface area (Å²) in [5.74, 6) is 0.142. The summed E-state index contributed by atoms with van der Waals surface area (Å²) in [6, 6.07) is 13.6. The van der Waals surface area contributed by atoms with Crippen LogP contribution in [0.5, 0.6) is 5.75 Å². The van der Waals surface area contributed by atoms with E-state index in [9.17, 15) is 9.90 Å². The van der Waals surface area contributed by atoms with Gasteiger partial charge in [-0.2, -0.15) is 0 Å². The number of anilines is 1. The molecular weight excluding hydrogens is 314 g/mol. The van der Waals surface area contributed by atoms with Crippen molar-refractivity contribution in [3.05, 3.63) is 74.5 Å². The lowest BCUT2D eigenvalue weighted by atomic mass is 10.3. The first kappa shape index (κ1) is 15.0. The van der Waals surface area contributed by atoms with E-state index in [1.54, 1.807) is 54.7 Å². The summed E-state index contributed by atoms with van der Waals surface area (Å²) in [7, 11) is 0. The monoisotopic (exact) mass is 327 g/mol. The predicted octanol–water partition coefficient (Wildman–Crippen LogP) is 1.78. The Bertz CT molecular complexity index is 1020. The number of halogens is 1. The van der Waals surface area contributed by atoms with E-state index in [4.69, 9.17) is 11.6 Å². The van der Waals surface area contributed by atoms with Crippen LogP contribution >= 0.6 is 11.6 Å². The Morgan fingerprint density at radius 2 is 2.00 bits per heavy atom. The second-order valence-electron chi connectivity index (χ2n) is 4.96. The second kappa shape index (κ2) is 6.06. The van der Waals surface area contributed by atoms with Gasteiger partial charge >= 0.3 is 0 Å². The van der Waals surface area contributed by atoms with Gasteiger partial charge in [-0.3, -0.25) is 9.89 Å². The van der Waals surface area contributed by atoms with Crippen LogP contribution in [0.1, 0.15) is 0 Å². The fraction of sp³-hybridized carbons (Fsp3) is 0. The summed E-state index contributed by atoms with van der Waals surface area (Å²) >= 11 is 5.96. The number of hydrogen-bond acceptors (Lipinski definition) is 3. The van der Waals surface area contributed by atoms with Gasteiger partial charge in [-0.05, 0) is 30.3 Å². The van der Waals surface area contributed by atoms with Gasteiger partial charge in [0.25, 0.3) is 5.56 Å². The molecule has 0 amide bonds. The van der Waals surface area contributed by atoms with Crippen LogP contribution in [0.25, 0.3) is 18.5 Å². The zero-order valence-corrected chi connectivity index (χ0v) is 12.8. The number of phenolic OH excluding ortho intramolecular Hbond substituents is 1. The molecule has 0 saturated carbocycles. The van der Waals surface area contributed by atoms with E-state index >= 15 is 0 Å². The largest absolute Gasteiger partial charge is 0.508 e. The first-order valence-corrected chi connectivity index (χ1v) is 7.24. The van der Waals surface area contributed by atoms with Crippen molar-refractivity contribution < 1.29 is 5.11 Å². The molecule has 0 aliphatic rings. The zero-order chi connectivity index (χ0) is 16.4. The van der Waals surface area contributed by atoms with Crippen molar-refractivity contribution >= 4 is 30.1 Å². The van der Waals surface area contributed by atoms with E-state index in [1.165, 1.54) is 4.68 Å². The standard InChI is InChI=1S/C17H14ClN3O2/c1-11-16(10-19-13-5-3-7-15(22)9-13)17(23)21(20-11)14-6-2-4-12(18)8-14/h2-10,19-20,22H,1H2. The van der Waals surface area contributed by atoms with E-state index in [0.717, 1.165) is 0 Å². The molecule has 0 spiro atoms. The van der Waals surface area contributed by atoms with Crippen molar-refractivity contribution in [2.75, 3.05) is 5.32 Å². The number of nitrogens with zero attached hydrogens (tertiary/aromatic N) is 1. The number of hydrogen-bond donors (Lipinski definition) is 3. The molecule has 0 atom stereocenters. The normalized spacial score (nSPS) is 11.6. The van der Waals surface area contributed by atoms with Gasteiger partial charge in [0.05, 0.1) is 16.3 Å². The maximum atomic E-state index is 12.5. The smallest absolute Gasteiger partial charge is 0.280 e. The van der Waals surface area contributed by atoms with Crippen molar-refractivity contribution in [3.8, 4) is 11.4 Å². The molecular formula is C17H14ClN3O2. The lowest BCUT2D eigenvalue weighted by Crippen LogP contribution is -2.34. The minimum Gasteiger partial charge on any atom is -0.508 e. The fourth-order valence-electron chi connectivity index (χ4n) is 2.19. The number of phenols is 1. The van der Waals surface area contributed by atoms with Crippen LogP contribution in [0.15, 0.2) is 53.3 Å². The van der Waals surface area contributed by atoms with Crippen LogP contribution in [0.2, 0.25) is 5.02 Å². The van der Waals surface area contributed by atoms with Gasteiger partial charge in [-0.1, -0.05) is 30.3 Å². The molecule has 2 aromatic carbocycles. The highest BCUT2D eigenvalue weighted by Gasteiger charge is 2.05. The molecule has 0 bridgehead atoms. The molecule has 3 aromatic rings. The molecule has 0 radical (unpaired) electrons. The van der Waals surface area contributed by atoms with Crippen LogP contribution in [0.4, 0.5) is 5.69 Å². The predicted molar refractivity (Wildman–Crippen MR) is 92.4 cm³/mol. The molecule has 0 fully saturated rings. The molecule has 0 aliphatic heterocycles. The lowest BCUT2D eigenvalue weighted by molar-refractivity contribution is 0.475. The number of nitrogens with one attached hydrogen (secondary N) is 2. The van der Waals surface area contributed by atoms with Crippen LogP contribution in [0.3, 0.4) is 0 Å². The molecule has 0 unspecified atom stereocenters. The summed E-state index contributed by atoms with van der Waals surface area (Å²) < 4.78 is 1.38. The van der Waals surface area contributed by atoms with Gasteiger partial charge < -0.3 is 10.4 Å². The van der Waals surface area contributed by atoms with Crippen molar-refractivity contribution in [3.63, 3.8) is 0 Å². The number of aromatic hydroxyl groups is 1. The molecule has 0 saturated heterocycles. The Labute approximate surface area is 136 Å². The maximum Gasteiger partial charge on any atom is 0.280 e. The topological polar surface area (TPSA) is 70.0 Å². The molecule has 116 valence electrons. The third-order valence-corrected chi connectivity index (χ3v) is 3.54. The van der Waals surface area contributed by atoms with Crippen LogP contribution in [-0.4, -0.2) is 14.9 Å². The number of aromatic amines is 1. The molecule has 5 nitrogen and oxygen atoms in total. The Kier molecular flexibility index (Phi) is 3.95. The van der Waals surface area contributed by atoms with Crippen molar-refractivity contribution in [1.29, 1.82) is 0 Å². The number of aromatic nitrogens is 2. The number of benzene rings is 2. The number of rotatable bonds is 3. The molecule has 0 aliphatic carbocycles. The third kappa shape index (κ3) is 3.14. The molecule has 3 rings (SSSR count). The second-order valence-corrected chi connectivity index (χ2v) is 5.40. The van der Waals surface area contributed by atoms with Gasteiger partial charge in [-0.15, -0.1) is 0 Å². The maximum absolute atomic E-state index is 12.5. The first-order chi connectivity index (χ1) is 11.0. The minimum atomic E-state index is -0.245. The Morgan fingerprint density at radius 3 is 2.74 bits per heavy atom. The quantitative estimate of drug-likeness (QED) is 0.687. The lowest BCUT2D eigenvalue weighted by Gasteiger charge is -2.01. The highest BCUT2D eigenvalue weighted by molar-refractivity contribution is 6.30.